The third kappa shape index (κ3) is 2.27. The minimum Gasteiger partial charge on any atom is -0.215 e. The van der Waals surface area contributed by atoms with Crippen LogP contribution in [0, 0.1) is 6.92 Å². The summed E-state index contributed by atoms with van der Waals surface area (Å²) in [5.41, 5.74) is 0. The van der Waals surface area contributed by atoms with Crippen molar-refractivity contribution in [1.29, 1.82) is 0 Å². The fourth-order valence-corrected chi connectivity index (χ4v) is 1.88. The fourth-order valence-electron chi connectivity index (χ4n) is 0.533. The molecule has 0 bridgehead atoms. The van der Waals surface area contributed by atoms with Gasteiger partial charge in [-0.15, -0.1) is 0 Å². The second-order valence-electron chi connectivity index (χ2n) is 1.94. The average Bonchev–Trinajstić information content (AvgIpc) is 2.31. The first kappa shape index (κ1) is 8.01. The van der Waals surface area contributed by atoms with Gasteiger partial charge in [0, 0.05) is 5.75 Å². The molecule has 0 saturated heterocycles. The van der Waals surface area contributed by atoms with E-state index in [0.717, 1.165) is 15.9 Å². The maximum atomic E-state index is 4.22. The minimum absolute atomic E-state index is 0.935. The number of nitrogens with zero attached hydrogens (tertiary/aromatic N) is 2. The highest BCUT2D eigenvalue weighted by atomic mass is 32.2. The van der Waals surface area contributed by atoms with Gasteiger partial charge in [0.05, 0.1) is 0 Å². The van der Waals surface area contributed by atoms with Gasteiger partial charge in [0.25, 0.3) is 0 Å². The molecule has 0 aliphatic heterocycles. The molecular weight excluding hydrogens is 164 g/mol. The van der Waals surface area contributed by atoms with Crippen LogP contribution in [0.15, 0.2) is 5.16 Å². The van der Waals surface area contributed by atoms with Crippen molar-refractivity contribution in [2.75, 3.05) is 5.75 Å². The third-order valence-corrected chi connectivity index (χ3v) is 2.73. The van der Waals surface area contributed by atoms with E-state index in [1.807, 2.05) is 6.92 Å². The first-order valence-electron chi connectivity index (χ1n) is 3.26. The van der Waals surface area contributed by atoms with E-state index in [1.165, 1.54) is 18.0 Å². The summed E-state index contributed by atoms with van der Waals surface area (Å²) in [4.78, 5) is 4.22. The number of hydrogen-bond acceptors (Lipinski definition) is 4. The molecule has 0 aliphatic carbocycles. The minimum atomic E-state index is 0.935. The highest BCUT2D eigenvalue weighted by Crippen LogP contribution is 2.16. The van der Waals surface area contributed by atoms with Crippen LogP contribution < -0.4 is 0 Å². The van der Waals surface area contributed by atoms with Gasteiger partial charge in [0.1, 0.15) is 5.01 Å². The summed E-state index contributed by atoms with van der Waals surface area (Å²) in [7, 11) is 0. The molecule has 56 valence electrons. The third-order valence-electron chi connectivity index (χ3n) is 0.944. The lowest BCUT2D eigenvalue weighted by molar-refractivity contribution is 1.03. The Hall–Kier alpha value is -0.0900. The molecule has 0 atom stereocenters. The molecule has 0 spiro atoms. The van der Waals surface area contributed by atoms with Crippen molar-refractivity contribution in [1.82, 2.24) is 9.36 Å². The number of hydrogen-bond donors (Lipinski definition) is 0. The average molecular weight is 174 g/mol. The Bertz CT molecular complexity index is 197. The van der Waals surface area contributed by atoms with Crippen molar-refractivity contribution in [2.45, 2.75) is 25.4 Å². The predicted octanol–water partition coefficient (Wildman–Crippen LogP) is 2.35. The highest BCUT2D eigenvalue weighted by Gasteiger charge is 1.98. The Kier molecular flexibility index (Phi) is 3.15. The van der Waals surface area contributed by atoms with E-state index in [0.29, 0.717) is 0 Å². The molecule has 1 heterocycles. The SMILES string of the molecule is CCCSc1nsc(C)n1. The lowest BCUT2D eigenvalue weighted by Gasteiger charge is -1.88. The summed E-state index contributed by atoms with van der Waals surface area (Å²) >= 11 is 3.20. The lowest BCUT2D eigenvalue weighted by atomic mass is 10.6. The van der Waals surface area contributed by atoms with Crippen LogP contribution in [0.4, 0.5) is 0 Å². The maximum absolute atomic E-state index is 4.22. The maximum Gasteiger partial charge on any atom is 0.200 e. The van der Waals surface area contributed by atoms with E-state index < -0.39 is 0 Å². The predicted molar refractivity (Wildman–Crippen MR) is 45.7 cm³/mol. The van der Waals surface area contributed by atoms with Gasteiger partial charge >= 0.3 is 0 Å². The van der Waals surface area contributed by atoms with Gasteiger partial charge in [-0.25, -0.2) is 4.98 Å². The molecule has 0 aliphatic rings. The van der Waals surface area contributed by atoms with Gasteiger partial charge in [0.2, 0.25) is 0 Å². The standard InChI is InChI=1S/C6H10N2S2/c1-3-4-9-6-7-5(2)10-8-6/h3-4H2,1-2H3. The zero-order chi connectivity index (χ0) is 7.40. The first-order valence-corrected chi connectivity index (χ1v) is 5.02. The van der Waals surface area contributed by atoms with Crippen LogP contribution in [0.2, 0.25) is 0 Å². The molecule has 4 heteroatoms. The molecule has 1 aromatic heterocycles. The number of aryl methyl sites for hydroxylation is 1. The van der Waals surface area contributed by atoms with Crippen LogP contribution >= 0.6 is 23.3 Å². The normalized spacial score (nSPS) is 10.2. The van der Waals surface area contributed by atoms with Gasteiger partial charge in [-0.1, -0.05) is 18.7 Å². The Morgan fingerprint density at radius 1 is 1.60 bits per heavy atom. The molecule has 0 fully saturated rings. The van der Waals surface area contributed by atoms with E-state index in [4.69, 9.17) is 0 Å². The monoisotopic (exact) mass is 174 g/mol. The van der Waals surface area contributed by atoms with Crippen molar-refractivity contribution in [3.63, 3.8) is 0 Å². The summed E-state index contributed by atoms with van der Waals surface area (Å²) in [6.07, 6.45) is 1.18. The molecule has 2 nitrogen and oxygen atoms in total. The summed E-state index contributed by atoms with van der Waals surface area (Å²) in [6.45, 7) is 4.14. The molecule has 10 heavy (non-hydrogen) atoms. The van der Waals surface area contributed by atoms with E-state index in [1.54, 1.807) is 11.8 Å². The number of aromatic nitrogens is 2. The van der Waals surface area contributed by atoms with Crippen LogP contribution in [0.5, 0.6) is 0 Å². The van der Waals surface area contributed by atoms with Gasteiger partial charge in [0.15, 0.2) is 5.16 Å². The summed E-state index contributed by atoms with van der Waals surface area (Å²) < 4.78 is 4.15. The first-order chi connectivity index (χ1) is 4.83. The molecule has 1 rings (SSSR count). The van der Waals surface area contributed by atoms with Crippen LogP contribution in [0.3, 0.4) is 0 Å². The van der Waals surface area contributed by atoms with Crippen molar-refractivity contribution >= 4 is 23.3 Å². The number of thioether (sulfide) groups is 1. The van der Waals surface area contributed by atoms with Gasteiger partial charge < -0.3 is 0 Å². The quantitative estimate of drug-likeness (QED) is 0.658. The Balaban J connectivity index is 2.42. The molecule has 1 aromatic rings. The Morgan fingerprint density at radius 3 is 2.90 bits per heavy atom. The molecule has 0 saturated carbocycles. The number of rotatable bonds is 3. The van der Waals surface area contributed by atoms with Gasteiger partial charge in [-0.2, -0.15) is 4.37 Å². The molecule has 0 aromatic carbocycles. The molecular formula is C6H10N2S2. The van der Waals surface area contributed by atoms with Crippen LogP contribution in [-0.4, -0.2) is 15.1 Å². The van der Waals surface area contributed by atoms with Crippen LogP contribution in [0.25, 0.3) is 0 Å². The largest absolute Gasteiger partial charge is 0.215 e. The lowest BCUT2D eigenvalue weighted by Crippen LogP contribution is -1.77. The molecule has 0 unspecified atom stereocenters. The van der Waals surface area contributed by atoms with E-state index >= 15 is 0 Å². The fraction of sp³-hybridized carbons (Fsp3) is 0.667. The molecule has 0 amide bonds. The Morgan fingerprint density at radius 2 is 2.40 bits per heavy atom. The van der Waals surface area contributed by atoms with Crippen molar-refractivity contribution in [3.8, 4) is 0 Å². The smallest absolute Gasteiger partial charge is 0.200 e. The van der Waals surface area contributed by atoms with Crippen molar-refractivity contribution in [3.05, 3.63) is 5.01 Å². The van der Waals surface area contributed by atoms with Crippen molar-refractivity contribution < 1.29 is 0 Å². The van der Waals surface area contributed by atoms with Crippen molar-refractivity contribution in [2.24, 2.45) is 0 Å². The zero-order valence-electron chi connectivity index (χ0n) is 6.13. The van der Waals surface area contributed by atoms with Crippen LogP contribution in [0.1, 0.15) is 18.4 Å². The van der Waals surface area contributed by atoms with Gasteiger partial charge in [-0.05, 0) is 24.9 Å². The van der Waals surface area contributed by atoms with Gasteiger partial charge in [-0.3, -0.25) is 0 Å². The highest BCUT2D eigenvalue weighted by molar-refractivity contribution is 7.99. The second kappa shape index (κ2) is 3.93. The Labute approximate surface area is 69.2 Å². The summed E-state index contributed by atoms with van der Waals surface area (Å²) in [6, 6.07) is 0. The molecule has 0 N–H and O–H groups in total. The van der Waals surface area contributed by atoms with E-state index in [9.17, 15) is 0 Å². The van der Waals surface area contributed by atoms with E-state index in [2.05, 4.69) is 16.3 Å². The zero-order valence-corrected chi connectivity index (χ0v) is 7.76. The summed E-state index contributed by atoms with van der Waals surface area (Å²) in [5, 5.41) is 1.99. The second-order valence-corrected chi connectivity index (χ2v) is 3.96. The van der Waals surface area contributed by atoms with Crippen LogP contribution in [-0.2, 0) is 0 Å². The van der Waals surface area contributed by atoms with E-state index in [-0.39, 0.29) is 0 Å². The summed E-state index contributed by atoms with van der Waals surface area (Å²) in [5.74, 6) is 1.12. The topological polar surface area (TPSA) is 25.8 Å². The molecule has 0 radical (unpaired) electrons.